The standard InChI is InChI=1S/C25H36N4O4/c1-33-25(32)22-6-4-14-29(22)23(30)17-18-7-9-20(10-8-18)28-15-11-19(12-16-28)27-21-5-2-3-13-26-24(21)31/h7-10,19,21-22,27H,2-6,11-17H2,1H3,(H,26,31)/t21-,22-/m0/s1. The monoisotopic (exact) mass is 456 g/mol. The van der Waals surface area contributed by atoms with Crippen LogP contribution in [0.25, 0.3) is 0 Å². The lowest BCUT2D eigenvalue weighted by Gasteiger charge is -2.35. The van der Waals surface area contributed by atoms with E-state index < -0.39 is 6.04 Å². The molecule has 3 saturated heterocycles. The Balaban J connectivity index is 1.26. The molecule has 2 N–H and O–H groups in total. The Morgan fingerprint density at radius 1 is 1.03 bits per heavy atom. The van der Waals surface area contributed by atoms with Gasteiger partial charge in [0.1, 0.15) is 6.04 Å². The molecule has 33 heavy (non-hydrogen) atoms. The number of piperidine rings is 1. The van der Waals surface area contributed by atoms with Gasteiger partial charge >= 0.3 is 5.97 Å². The van der Waals surface area contributed by atoms with Crippen LogP contribution in [0.1, 0.15) is 50.5 Å². The average molecular weight is 457 g/mol. The molecule has 1 aromatic rings. The second kappa shape index (κ2) is 11.0. The van der Waals surface area contributed by atoms with E-state index in [0.717, 1.165) is 69.4 Å². The van der Waals surface area contributed by atoms with E-state index in [2.05, 4.69) is 27.7 Å². The number of nitrogens with zero attached hydrogens (tertiary/aromatic N) is 2. The normalized spacial score (nSPS) is 24.3. The Hall–Kier alpha value is -2.61. The third-order valence-corrected chi connectivity index (χ3v) is 7.17. The van der Waals surface area contributed by atoms with Gasteiger partial charge in [-0.25, -0.2) is 4.79 Å². The van der Waals surface area contributed by atoms with Crippen molar-refractivity contribution in [2.45, 2.75) is 69.5 Å². The van der Waals surface area contributed by atoms with Gasteiger partial charge in [0.2, 0.25) is 11.8 Å². The predicted octanol–water partition coefficient (Wildman–Crippen LogP) is 1.62. The Morgan fingerprint density at radius 3 is 2.52 bits per heavy atom. The molecule has 8 heteroatoms. The molecule has 0 spiro atoms. The highest BCUT2D eigenvalue weighted by Crippen LogP contribution is 2.23. The van der Waals surface area contributed by atoms with Gasteiger partial charge in [0.25, 0.3) is 0 Å². The molecule has 3 fully saturated rings. The highest BCUT2D eigenvalue weighted by molar-refractivity contribution is 5.86. The predicted molar refractivity (Wildman–Crippen MR) is 126 cm³/mol. The molecule has 0 radical (unpaired) electrons. The lowest BCUT2D eigenvalue weighted by molar-refractivity contribution is -0.150. The summed E-state index contributed by atoms with van der Waals surface area (Å²) in [6.07, 6.45) is 6.89. The second-order valence-corrected chi connectivity index (χ2v) is 9.38. The van der Waals surface area contributed by atoms with Crippen LogP contribution < -0.4 is 15.5 Å². The van der Waals surface area contributed by atoms with Crippen molar-refractivity contribution in [3.8, 4) is 0 Å². The van der Waals surface area contributed by atoms with Crippen molar-refractivity contribution in [3.05, 3.63) is 29.8 Å². The van der Waals surface area contributed by atoms with Gasteiger partial charge in [-0.05, 0) is 62.6 Å². The average Bonchev–Trinajstić information content (AvgIpc) is 3.25. The number of hydrogen-bond donors (Lipinski definition) is 2. The number of esters is 1. The quantitative estimate of drug-likeness (QED) is 0.633. The number of rotatable bonds is 6. The molecule has 2 amide bonds. The summed E-state index contributed by atoms with van der Waals surface area (Å²) in [7, 11) is 1.37. The molecule has 0 aromatic heterocycles. The fourth-order valence-corrected chi connectivity index (χ4v) is 5.23. The molecule has 3 aliphatic heterocycles. The molecule has 2 atom stereocenters. The van der Waals surface area contributed by atoms with E-state index in [1.165, 1.54) is 7.11 Å². The van der Waals surface area contributed by atoms with Crippen LogP contribution in [-0.2, 0) is 25.5 Å². The van der Waals surface area contributed by atoms with Crippen LogP contribution in [0.4, 0.5) is 5.69 Å². The number of carbonyl (C=O) groups excluding carboxylic acids is 3. The van der Waals surface area contributed by atoms with Crippen LogP contribution in [-0.4, -0.2) is 74.1 Å². The van der Waals surface area contributed by atoms with Gasteiger partial charge in [0.15, 0.2) is 0 Å². The van der Waals surface area contributed by atoms with Crippen LogP contribution in [0.2, 0.25) is 0 Å². The van der Waals surface area contributed by atoms with Crippen LogP contribution in [0.5, 0.6) is 0 Å². The van der Waals surface area contributed by atoms with Crippen LogP contribution in [0.15, 0.2) is 24.3 Å². The Morgan fingerprint density at radius 2 is 1.79 bits per heavy atom. The molecule has 0 aliphatic carbocycles. The number of hydrogen-bond acceptors (Lipinski definition) is 6. The maximum absolute atomic E-state index is 12.7. The van der Waals surface area contributed by atoms with Crippen molar-refractivity contribution >= 4 is 23.5 Å². The van der Waals surface area contributed by atoms with Crippen LogP contribution >= 0.6 is 0 Å². The number of methoxy groups -OCH3 is 1. The highest BCUT2D eigenvalue weighted by atomic mass is 16.5. The SMILES string of the molecule is COC(=O)[C@@H]1CCCN1C(=O)Cc1ccc(N2CCC(N[C@H]3CCCCNC3=O)CC2)cc1. The number of amides is 2. The zero-order valence-corrected chi connectivity index (χ0v) is 19.6. The molecule has 8 nitrogen and oxygen atoms in total. The molecule has 0 bridgehead atoms. The van der Waals surface area contributed by atoms with Gasteiger partial charge in [-0.1, -0.05) is 12.1 Å². The second-order valence-electron chi connectivity index (χ2n) is 9.38. The molecule has 3 aliphatic rings. The summed E-state index contributed by atoms with van der Waals surface area (Å²) in [5.41, 5.74) is 2.11. The minimum Gasteiger partial charge on any atom is -0.467 e. The summed E-state index contributed by atoms with van der Waals surface area (Å²) in [5.74, 6) is -0.203. The van der Waals surface area contributed by atoms with Gasteiger partial charge in [0, 0.05) is 37.9 Å². The van der Waals surface area contributed by atoms with Crippen LogP contribution in [0, 0.1) is 0 Å². The minimum atomic E-state index is -0.444. The lowest BCUT2D eigenvalue weighted by atomic mass is 10.0. The van der Waals surface area contributed by atoms with E-state index in [-0.39, 0.29) is 23.8 Å². The number of anilines is 1. The molecule has 4 rings (SSSR count). The summed E-state index contributed by atoms with van der Waals surface area (Å²) in [4.78, 5) is 40.9. The largest absolute Gasteiger partial charge is 0.467 e. The van der Waals surface area contributed by atoms with E-state index in [1.54, 1.807) is 4.90 Å². The number of nitrogens with one attached hydrogen (secondary N) is 2. The molecule has 0 unspecified atom stereocenters. The zero-order valence-electron chi connectivity index (χ0n) is 19.6. The molecular weight excluding hydrogens is 420 g/mol. The maximum Gasteiger partial charge on any atom is 0.328 e. The number of carbonyl (C=O) groups is 3. The number of likely N-dealkylation sites (tertiary alicyclic amines) is 1. The highest BCUT2D eigenvalue weighted by Gasteiger charge is 2.34. The lowest BCUT2D eigenvalue weighted by Crippen LogP contribution is -2.51. The van der Waals surface area contributed by atoms with E-state index in [9.17, 15) is 14.4 Å². The number of ether oxygens (including phenoxy) is 1. The summed E-state index contributed by atoms with van der Waals surface area (Å²) < 4.78 is 4.85. The van der Waals surface area contributed by atoms with E-state index in [1.807, 2.05) is 12.1 Å². The van der Waals surface area contributed by atoms with Gasteiger partial charge in [-0.3, -0.25) is 9.59 Å². The molecule has 1 aromatic carbocycles. The van der Waals surface area contributed by atoms with Crippen LogP contribution in [0.3, 0.4) is 0 Å². The van der Waals surface area contributed by atoms with Crippen molar-refractivity contribution in [2.75, 3.05) is 38.2 Å². The van der Waals surface area contributed by atoms with Gasteiger partial charge < -0.3 is 25.2 Å². The molecule has 180 valence electrons. The third-order valence-electron chi connectivity index (χ3n) is 7.17. The first-order valence-electron chi connectivity index (χ1n) is 12.3. The summed E-state index contributed by atoms with van der Waals surface area (Å²) in [5, 5.41) is 6.58. The fraction of sp³-hybridized carbons (Fsp3) is 0.640. The Kier molecular flexibility index (Phi) is 7.85. The molecule has 0 saturated carbocycles. The summed E-state index contributed by atoms with van der Waals surface area (Å²) in [6.45, 7) is 3.29. The Bertz CT molecular complexity index is 835. The first kappa shape index (κ1) is 23.5. The summed E-state index contributed by atoms with van der Waals surface area (Å²) in [6, 6.07) is 8.05. The third kappa shape index (κ3) is 5.85. The fourth-order valence-electron chi connectivity index (χ4n) is 5.23. The smallest absolute Gasteiger partial charge is 0.328 e. The maximum atomic E-state index is 12.7. The van der Waals surface area contributed by atoms with Crippen molar-refractivity contribution in [3.63, 3.8) is 0 Å². The topological polar surface area (TPSA) is 91.0 Å². The van der Waals surface area contributed by atoms with Crippen molar-refractivity contribution in [1.82, 2.24) is 15.5 Å². The first-order chi connectivity index (χ1) is 16.0. The molecule has 3 heterocycles. The van der Waals surface area contributed by atoms with Crippen molar-refractivity contribution < 1.29 is 19.1 Å². The van der Waals surface area contributed by atoms with E-state index in [0.29, 0.717) is 25.4 Å². The minimum absolute atomic E-state index is 0.0231. The first-order valence-corrected chi connectivity index (χ1v) is 12.3. The molecular formula is C25H36N4O4. The van der Waals surface area contributed by atoms with Crippen molar-refractivity contribution in [1.29, 1.82) is 0 Å². The van der Waals surface area contributed by atoms with Crippen molar-refractivity contribution in [2.24, 2.45) is 0 Å². The van der Waals surface area contributed by atoms with E-state index in [4.69, 9.17) is 4.74 Å². The summed E-state index contributed by atoms with van der Waals surface area (Å²) >= 11 is 0. The van der Waals surface area contributed by atoms with Gasteiger partial charge in [0.05, 0.1) is 19.6 Å². The van der Waals surface area contributed by atoms with Gasteiger partial charge in [-0.2, -0.15) is 0 Å². The van der Waals surface area contributed by atoms with E-state index >= 15 is 0 Å². The Labute approximate surface area is 196 Å². The van der Waals surface area contributed by atoms with Gasteiger partial charge in [-0.15, -0.1) is 0 Å². The zero-order chi connectivity index (χ0) is 23.2. The number of benzene rings is 1.